The summed E-state index contributed by atoms with van der Waals surface area (Å²) in [5.41, 5.74) is 2.66. The van der Waals surface area contributed by atoms with Gasteiger partial charge in [0.15, 0.2) is 0 Å². The monoisotopic (exact) mass is 301 g/mol. The van der Waals surface area contributed by atoms with Crippen LogP contribution in [0.4, 0.5) is 0 Å². The smallest absolute Gasteiger partial charge is 0.0208 e. The van der Waals surface area contributed by atoms with Gasteiger partial charge < -0.3 is 5.32 Å². The number of rotatable bonds is 6. The predicted octanol–water partition coefficient (Wildman–Crippen LogP) is 3.99. The third-order valence-electron chi connectivity index (χ3n) is 2.68. The van der Waals surface area contributed by atoms with Gasteiger partial charge in [-0.3, -0.25) is 0 Å². The van der Waals surface area contributed by atoms with Crippen LogP contribution in [0, 0.1) is 6.92 Å². The number of benzene rings is 1. The number of halogens is 1. The van der Waals surface area contributed by atoms with Crippen LogP contribution in [0.15, 0.2) is 22.7 Å². The minimum absolute atomic E-state index is 0.624. The van der Waals surface area contributed by atoms with Crippen LogP contribution >= 0.6 is 27.7 Å². The van der Waals surface area contributed by atoms with Crippen LogP contribution < -0.4 is 5.32 Å². The van der Waals surface area contributed by atoms with E-state index in [-0.39, 0.29) is 0 Å². The Morgan fingerprint density at radius 3 is 2.75 bits per heavy atom. The van der Waals surface area contributed by atoms with Crippen LogP contribution in [0.1, 0.15) is 24.5 Å². The topological polar surface area (TPSA) is 12.0 Å². The fourth-order valence-electron chi connectivity index (χ4n) is 1.60. The Morgan fingerprint density at radius 2 is 2.19 bits per heavy atom. The molecule has 0 spiro atoms. The van der Waals surface area contributed by atoms with Gasteiger partial charge in [-0.1, -0.05) is 35.0 Å². The van der Waals surface area contributed by atoms with Crippen LogP contribution in [0.3, 0.4) is 0 Å². The Morgan fingerprint density at radius 1 is 1.44 bits per heavy atom. The van der Waals surface area contributed by atoms with Crippen molar-refractivity contribution in [1.29, 1.82) is 0 Å². The maximum Gasteiger partial charge on any atom is 0.0208 e. The van der Waals surface area contributed by atoms with E-state index in [1.54, 1.807) is 0 Å². The lowest BCUT2D eigenvalue weighted by Crippen LogP contribution is -2.30. The van der Waals surface area contributed by atoms with Gasteiger partial charge in [0.25, 0.3) is 0 Å². The molecule has 0 saturated carbocycles. The van der Waals surface area contributed by atoms with Gasteiger partial charge in [0.1, 0.15) is 0 Å². The molecule has 0 saturated heterocycles. The molecule has 90 valence electrons. The molecule has 0 aliphatic heterocycles. The molecule has 0 radical (unpaired) electrons. The van der Waals surface area contributed by atoms with Gasteiger partial charge in [-0.25, -0.2) is 0 Å². The van der Waals surface area contributed by atoms with Gasteiger partial charge in [-0.15, -0.1) is 0 Å². The summed E-state index contributed by atoms with van der Waals surface area (Å²) in [6, 6.07) is 7.17. The van der Waals surface area contributed by atoms with Crippen LogP contribution in [-0.2, 0) is 6.54 Å². The van der Waals surface area contributed by atoms with Gasteiger partial charge in [-0.2, -0.15) is 11.8 Å². The number of hydrogen-bond donors (Lipinski definition) is 1. The van der Waals surface area contributed by atoms with E-state index in [9.17, 15) is 0 Å². The van der Waals surface area contributed by atoms with Crippen molar-refractivity contribution in [3.05, 3.63) is 33.8 Å². The summed E-state index contributed by atoms with van der Waals surface area (Å²) in [4.78, 5) is 0. The zero-order valence-corrected chi connectivity index (χ0v) is 12.6. The molecular formula is C13H20BrNS. The molecule has 0 aliphatic rings. The van der Waals surface area contributed by atoms with E-state index in [1.165, 1.54) is 27.8 Å². The van der Waals surface area contributed by atoms with Gasteiger partial charge in [0, 0.05) is 22.8 Å². The van der Waals surface area contributed by atoms with E-state index in [2.05, 4.69) is 59.5 Å². The van der Waals surface area contributed by atoms with E-state index in [0.717, 1.165) is 6.54 Å². The SMILES string of the molecule is CCC(CSC)NCc1ccc(Br)c(C)c1. The Labute approximate surface area is 112 Å². The number of nitrogens with one attached hydrogen (secondary N) is 1. The minimum Gasteiger partial charge on any atom is -0.309 e. The van der Waals surface area contributed by atoms with Crippen molar-refractivity contribution in [2.75, 3.05) is 12.0 Å². The summed E-state index contributed by atoms with van der Waals surface area (Å²) in [5.74, 6) is 1.19. The van der Waals surface area contributed by atoms with Gasteiger partial charge in [-0.05, 0) is 36.8 Å². The second-order valence-electron chi connectivity index (χ2n) is 4.02. The van der Waals surface area contributed by atoms with Crippen molar-refractivity contribution < 1.29 is 0 Å². The van der Waals surface area contributed by atoms with Crippen LogP contribution in [-0.4, -0.2) is 18.1 Å². The Hall–Kier alpha value is 0.01000. The fraction of sp³-hybridized carbons (Fsp3) is 0.538. The maximum atomic E-state index is 3.60. The Balaban J connectivity index is 2.50. The molecule has 1 nitrogen and oxygen atoms in total. The highest BCUT2D eigenvalue weighted by molar-refractivity contribution is 9.10. The molecule has 0 fully saturated rings. The molecule has 0 heterocycles. The average Bonchev–Trinajstić information content (AvgIpc) is 2.28. The lowest BCUT2D eigenvalue weighted by molar-refractivity contribution is 0.541. The molecule has 16 heavy (non-hydrogen) atoms. The normalized spacial score (nSPS) is 12.8. The molecule has 3 heteroatoms. The first-order valence-corrected chi connectivity index (χ1v) is 7.83. The van der Waals surface area contributed by atoms with Crippen LogP contribution in [0.25, 0.3) is 0 Å². The van der Waals surface area contributed by atoms with E-state index < -0.39 is 0 Å². The maximum absolute atomic E-state index is 3.60. The molecule has 0 bridgehead atoms. The second-order valence-corrected chi connectivity index (χ2v) is 5.79. The first kappa shape index (κ1) is 14.1. The van der Waals surface area contributed by atoms with Crippen molar-refractivity contribution in [1.82, 2.24) is 5.32 Å². The van der Waals surface area contributed by atoms with Crippen LogP contribution in [0.5, 0.6) is 0 Å². The molecule has 0 aromatic heterocycles. The lowest BCUT2D eigenvalue weighted by atomic mass is 10.1. The van der Waals surface area contributed by atoms with E-state index in [0.29, 0.717) is 6.04 Å². The Bertz CT molecular complexity index is 328. The standard InChI is InChI=1S/C13H20BrNS/c1-4-12(9-16-3)15-8-11-5-6-13(14)10(2)7-11/h5-7,12,15H,4,8-9H2,1-3H3. The summed E-state index contributed by atoms with van der Waals surface area (Å²) in [5, 5.41) is 3.60. The van der Waals surface area contributed by atoms with Crippen molar-refractivity contribution >= 4 is 27.7 Å². The zero-order valence-electron chi connectivity index (χ0n) is 10.2. The Kier molecular flexibility index (Phi) is 6.47. The molecule has 1 N–H and O–H groups in total. The summed E-state index contributed by atoms with van der Waals surface area (Å²) in [6.45, 7) is 5.33. The summed E-state index contributed by atoms with van der Waals surface area (Å²) in [7, 11) is 0. The molecule has 1 atom stereocenters. The van der Waals surface area contributed by atoms with E-state index in [4.69, 9.17) is 0 Å². The first-order valence-electron chi connectivity index (χ1n) is 5.64. The van der Waals surface area contributed by atoms with Gasteiger partial charge in [0.2, 0.25) is 0 Å². The molecule has 1 aromatic carbocycles. The minimum atomic E-state index is 0.624. The van der Waals surface area contributed by atoms with Gasteiger partial charge >= 0.3 is 0 Å². The predicted molar refractivity (Wildman–Crippen MR) is 78.2 cm³/mol. The molecule has 0 amide bonds. The van der Waals surface area contributed by atoms with E-state index >= 15 is 0 Å². The van der Waals surface area contributed by atoms with Crippen molar-refractivity contribution in [3.63, 3.8) is 0 Å². The number of hydrogen-bond acceptors (Lipinski definition) is 2. The number of aryl methyl sites for hydroxylation is 1. The summed E-state index contributed by atoms with van der Waals surface area (Å²) < 4.78 is 1.19. The first-order chi connectivity index (χ1) is 7.67. The van der Waals surface area contributed by atoms with Gasteiger partial charge in [0.05, 0.1) is 0 Å². The highest BCUT2D eigenvalue weighted by Gasteiger charge is 2.04. The molecule has 1 aromatic rings. The van der Waals surface area contributed by atoms with Crippen molar-refractivity contribution in [3.8, 4) is 0 Å². The largest absolute Gasteiger partial charge is 0.309 e. The molecular weight excluding hydrogens is 282 g/mol. The third kappa shape index (κ3) is 4.48. The van der Waals surface area contributed by atoms with Crippen LogP contribution in [0.2, 0.25) is 0 Å². The van der Waals surface area contributed by atoms with Crippen molar-refractivity contribution in [2.24, 2.45) is 0 Å². The average molecular weight is 302 g/mol. The molecule has 0 aliphatic carbocycles. The lowest BCUT2D eigenvalue weighted by Gasteiger charge is -2.16. The fourth-order valence-corrected chi connectivity index (χ4v) is 2.60. The van der Waals surface area contributed by atoms with E-state index in [1.807, 2.05) is 11.8 Å². The summed E-state index contributed by atoms with van der Waals surface area (Å²) in [6.07, 6.45) is 3.35. The second kappa shape index (κ2) is 7.36. The highest BCUT2D eigenvalue weighted by atomic mass is 79.9. The zero-order chi connectivity index (χ0) is 12.0. The van der Waals surface area contributed by atoms with Crippen molar-refractivity contribution in [2.45, 2.75) is 32.9 Å². The number of thioether (sulfide) groups is 1. The quantitative estimate of drug-likeness (QED) is 0.853. The summed E-state index contributed by atoms with van der Waals surface area (Å²) >= 11 is 5.43. The third-order valence-corrected chi connectivity index (χ3v) is 4.30. The molecule has 1 unspecified atom stereocenters. The molecule has 1 rings (SSSR count). The highest BCUT2D eigenvalue weighted by Crippen LogP contribution is 2.17.